The minimum absolute atomic E-state index is 0.0110. The van der Waals surface area contributed by atoms with Crippen molar-refractivity contribution in [1.29, 1.82) is 0 Å². The van der Waals surface area contributed by atoms with E-state index in [0.717, 1.165) is 6.42 Å². The zero-order valence-electron chi connectivity index (χ0n) is 10.5. The predicted molar refractivity (Wildman–Crippen MR) is 63.2 cm³/mol. The van der Waals surface area contributed by atoms with Gasteiger partial charge in [0.2, 0.25) is 5.91 Å². The highest BCUT2D eigenvalue weighted by molar-refractivity contribution is 5.76. The van der Waals surface area contributed by atoms with Crippen LogP contribution in [0.1, 0.15) is 26.7 Å². The summed E-state index contributed by atoms with van der Waals surface area (Å²) in [5, 5.41) is 28.3. The van der Waals surface area contributed by atoms with Gasteiger partial charge in [0.1, 0.15) is 0 Å². The van der Waals surface area contributed by atoms with E-state index in [1.807, 2.05) is 0 Å². The van der Waals surface area contributed by atoms with E-state index < -0.39 is 18.1 Å². The Morgan fingerprint density at radius 1 is 1.35 bits per heavy atom. The van der Waals surface area contributed by atoms with E-state index in [2.05, 4.69) is 13.8 Å². The second-order valence-corrected chi connectivity index (χ2v) is 5.23. The monoisotopic (exact) mass is 245 g/mol. The van der Waals surface area contributed by atoms with Gasteiger partial charge in [-0.1, -0.05) is 13.8 Å². The number of carbonyl (C=O) groups excluding carboxylic acids is 1. The Balaban J connectivity index is 2.51. The first-order chi connectivity index (χ1) is 7.95. The summed E-state index contributed by atoms with van der Waals surface area (Å²) in [7, 11) is 0. The van der Waals surface area contributed by atoms with Crippen molar-refractivity contribution < 1.29 is 20.1 Å². The number of piperidine rings is 1. The number of rotatable bonds is 4. The van der Waals surface area contributed by atoms with Gasteiger partial charge in [0.05, 0.1) is 18.8 Å². The third-order valence-electron chi connectivity index (χ3n) is 3.26. The Hall–Kier alpha value is -0.650. The third-order valence-corrected chi connectivity index (χ3v) is 3.26. The van der Waals surface area contributed by atoms with Crippen molar-refractivity contribution >= 4 is 5.91 Å². The number of aliphatic hydroxyl groups is 3. The number of β-amino-alcohol motifs (C(OH)–C–C–N with tert-alkyl or cyclic N) is 1. The van der Waals surface area contributed by atoms with Crippen LogP contribution < -0.4 is 0 Å². The minimum Gasteiger partial charge on any atom is -0.396 e. The summed E-state index contributed by atoms with van der Waals surface area (Å²) < 4.78 is 0. The maximum absolute atomic E-state index is 11.9. The lowest BCUT2D eigenvalue weighted by molar-refractivity contribution is -0.144. The summed E-state index contributed by atoms with van der Waals surface area (Å²) in [4.78, 5) is 13.4. The van der Waals surface area contributed by atoms with Gasteiger partial charge in [-0.05, 0) is 12.3 Å². The molecular weight excluding hydrogens is 222 g/mol. The number of likely N-dealkylation sites (tertiary alicyclic amines) is 1. The molecule has 0 radical (unpaired) electrons. The highest BCUT2D eigenvalue weighted by Gasteiger charge is 2.35. The SMILES string of the molecule is CC(C)CCC(=O)N1C[C@H](CO)[C@@H](O)[C@H](O)C1. The molecule has 3 N–H and O–H groups in total. The lowest BCUT2D eigenvalue weighted by atomic mass is 9.93. The second-order valence-electron chi connectivity index (χ2n) is 5.23. The molecule has 3 atom stereocenters. The number of hydrogen-bond donors (Lipinski definition) is 3. The topological polar surface area (TPSA) is 81.0 Å². The van der Waals surface area contributed by atoms with Crippen molar-refractivity contribution in [3.8, 4) is 0 Å². The first kappa shape index (κ1) is 14.4. The van der Waals surface area contributed by atoms with Crippen molar-refractivity contribution in [2.75, 3.05) is 19.7 Å². The van der Waals surface area contributed by atoms with Crippen LogP contribution in [-0.2, 0) is 4.79 Å². The van der Waals surface area contributed by atoms with Crippen molar-refractivity contribution in [2.24, 2.45) is 11.8 Å². The van der Waals surface area contributed by atoms with E-state index in [1.54, 1.807) is 4.90 Å². The normalized spacial score (nSPS) is 29.8. The van der Waals surface area contributed by atoms with Gasteiger partial charge in [0, 0.05) is 25.4 Å². The molecule has 0 unspecified atom stereocenters. The number of amides is 1. The first-order valence-electron chi connectivity index (χ1n) is 6.20. The molecule has 0 aromatic rings. The van der Waals surface area contributed by atoms with Crippen LogP contribution in [0.4, 0.5) is 0 Å². The van der Waals surface area contributed by atoms with Gasteiger partial charge >= 0.3 is 0 Å². The molecule has 1 amide bonds. The lowest BCUT2D eigenvalue weighted by Crippen LogP contribution is -2.55. The average Bonchev–Trinajstić information content (AvgIpc) is 2.29. The van der Waals surface area contributed by atoms with Gasteiger partial charge in [0.15, 0.2) is 0 Å². The summed E-state index contributed by atoms with van der Waals surface area (Å²) >= 11 is 0. The molecule has 1 rings (SSSR count). The summed E-state index contributed by atoms with van der Waals surface area (Å²) in [6.07, 6.45) is -0.616. The number of carbonyl (C=O) groups is 1. The maximum atomic E-state index is 11.9. The summed E-state index contributed by atoms with van der Waals surface area (Å²) in [5.41, 5.74) is 0. The molecule has 5 heteroatoms. The van der Waals surface area contributed by atoms with E-state index in [4.69, 9.17) is 5.11 Å². The number of hydrogen-bond acceptors (Lipinski definition) is 4. The van der Waals surface area contributed by atoms with Crippen LogP contribution in [0.25, 0.3) is 0 Å². The molecule has 1 fully saturated rings. The van der Waals surface area contributed by atoms with Gasteiger partial charge in [0.25, 0.3) is 0 Å². The fourth-order valence-corrected chi connectivity index (χ4v) is 2.05. The average molecular weight is 245 g/mol. The fraction of sp³-hybridized carbons (Fsp3) is 0.917. The summed E-state index contributed by atoms with van der Waals surface area (Å²) in [6, 6.07) is 0. The quantitative estimate of drug-likeness (QED) is 0.629. The highest BCUT2D eigenvalue weighted by Crippen LogP contribution is 2.19. The fourth-order valence-electron chi connectivity index (χ4n) is 2.05. The third kappa shape index (κ3) is 3.94. The zero-order valence-corrected chi connectivity index (χ0v) is 10.5. The summed E-state index contributed by atoms with van der Waals surface area (Å²) in [6.45, 7) is 4.38. The van der Waals surface area contributed by atoms with Gasteiger partial charge in [-0.15, -0.1) is 0 Å². The molecule has 0 bridgehead atoms. The van der Waals surface area contributed by atoms with Crippen molar-refractivity contribution in [1.82, 2.24) is 4.90 Å². The molecule has 1 aliphatic heterocycles. The van der Waals surface area contributed by atoms with Crippen LogP contribution in [0.5, 0.6) is 0 Å². The second kappa shape index (κ2) is 6.33. The maximum Gasteiger partial charge on any atom is 0.222 e. The standard InChI is InChI=1S/C12H23NO4/c1-8(2)3-4-11(16)13-5-9(7-14)12(17)10(15)6-13/h8-10,12,14-15,17H,3-7H2,1-2H3/t9-,10-,12-/m1/s1. The molecule has 1 aliphatic rings. The van der Waals surface area contributed by atoms with Crippen LogP contribution in [0.2, 0.25) is 0 Å². The molecule has 1 saturated heterocycles. The summed E-state index contributed by atoms with van der Waals surface area (Å²) in [5.74, 6) is 0.0118. The van der Waals surface area contributed by atoms with Crippen LogP contribution in [0.15, 0.2) is 0 Å². The minimum atomic E-state index is -0.955. The number of aliphatic hydroxyl groups excluding tert-OH is 3. The van der Waals surface area contributed by atoms with E-state index in [-0.39, 0.29) is 19.1 Å². The van der Waals surface area contributed by atoms with Gasteiger partial charge in [-0.3, -0.25) is 4.79 Å². The molecule has 0 spiro atoms. The van der Waals surface area contributed by atoms with Crippen molar-refractivity contribution in [3.05, 3.63) is 0 Å². The van der Waals surface area contributed by atoms with Gasteiger partial charge in [-0.2, -0.15) is 0 Å². The van der Waals surface area contributed by atoms with Crippen LogP contribution >= 0.6 is 0 Å². The Morgan fingerprint density at radius 3 is 2.53 bits per heavy atom. The predicted octanol–water partition coefficient (Wildman–Crippen LogP) is -0.405. The largest absolute Gasteiger partial charge is 0.396 e. The molecule has 100 valence electrons. The first-order valence-corrected chi connectivity index (χ1v) is 6.20. The molecule has 0 saturated carbocycles. The zero-order chi connectivity index (χ0) is 13.0. The molecule has 0 aromatic heterocycles. The molecule has 0 aromatic carbocycles. The molecule has 1 heterocycles. The van der Waals surface area contributed by atoms with Crippen molar-refractivity contribution in [2.45, 2.75) is 38.9 Å². The van der Waals surface area contributed by atoms with E-state index in [1.165, 1.54) is 0 Å². The van der Waals surface area contributed by atoms with Crippen LogP contribution in [-0.4, -0.2) is 58.0 Å². The Labute approximate surface area is 102 Å². The van der Waals surface area contributed by atoms with Crippen molar-refractivity contribution in [3.63, 3.8) is 0 Å². The highest BCUT2D eigenvalue weighted by atomic mass is 16.3. The smallest absolute Gasteiger partial charge is 0.222 e. The lowest BCUT2D eigenvalue weighted by Gasteiger charge is -2.38. The Kier molecular flexibility index (Phi) is 5.36. The van der Waals surface area contributed by atoms with Gasteiger partial charge < -0.3 is 20.2 Å². The molecular formula is C12H23NO4. The van der Waals surface area contributed by atoms with E-state index in [9.17, 15) is 15.0 Å². The van der Waals surface area contributed by atoms with Crippen LogP contribution in [0, 0.1) is 11.8 Å². The molecule has 0 aliphatic carbocycles. The van der Waals surface area contributed by atoms with Gasteiger partial charge in [-0.25, -0.2) is 0 Å². The van der Waals surface area contributed by atoms with E-state index in [0.29, 0.717) is 18.9 Å². The molecule has 5 nitrogen and oxygen atoms in total. The molecule has 17 heavy (non-hydrogen) atoms. The Bertz CT molecular complexity index is 257. The Morgan fingerprint density at radius 2 is 2.00 bits per heavy atom. The van der Waals surface area contributed by atoms with E-state index >= 15 is 0 Å². The number of nitrogens with zero attached hydrogens (tertiary/aromatic N) is 1. The van der Waals surface area contributed by atoms with Crippen LogP contribution in [0.3, 0.4) is 0 Å².